The molecule has 1 aromatic rings. The maximum atomic E-state index is 13.0. The molecule has 9 heteroatoms. The van der Waals surface area contributed by atoms with Gasteiger partial charge in [0.1, 0.15) is 5.82 Å². The van der Waals surface area contributed by atoms with Crippen molar-refractivity contribution in [3.05, 3.63) is 35.6 Å². The number of benzene rings is 1. The van der Waals surface area contributed by atoms with Crippen LogP contribution in [0.1, 0.15) is 64.9 Å². The largest absolute Gasteiger partial charge is 0.435 e. The molecular formula is C27H36FNO7. The Morgan fingerprint density at radius 1 is 1.08 bits per heavy atom. The summed E-state index contributed by atoms with van der Waals surface area (Å²) in [5.41, 5.74) is 0.217. The highest BCUT2D eigenvalue weighted by molar-refractivity contribution is 5.81. The quantitative estimate of drug-likeness (QED) is 0.442. The first-order chi connectivity index (χ1) is 17.2. The Morgan fingerprint density at radius 2 is 1.86 bits per heavy atom. The van der Waals surface area contributed by atoms with Crippen molar-refractivity contribution >= 4 is 11.9 Å². The van der Waals surface area contributed by atoms with Crippen LogP contribution in [0.5, 0.6) is 0 Å². The molecule has 0 radical (unpaired) electrons. The Bertz CT molecular complexity index is 973. The van der Waals surface area contributed by atoms with Gasteiger partial charge in [-0.3, -0.25) is 9.59 Å². The number of amides is 1. The minimum Gasteiger partial charge on any atom is -0.435 e. The smallest absolute Gasteiger partial charge is 0.308 e. The lowest BCUT2D eigenvalue weighted by Gasteiger charge is -2.59. The molecule has 198 valence electrons. The molecule has 2 bridgehead atoms. The lowest BCUT2D eigenvalue weighted by molar-refractivity contribution is -0.576. The van der Waals surface area contributed by atoms with Crippen molar-refractivity contribution in [3.63, 3.8) is 0 Å². The predicted octanol–water partition coefficient (Wildman–Crippen LogP) is 4.02. The van der Waals surface area contributed by atoms with E-state index in [1.165, 1.54) is 12.1 Å². The number of carbonyl (C=O) groups excluding carboxylic acids is 2. The summed E-state index contributed by atoms with van der Waals surface area (Å²) in [6.07, 6.45) is 2.71. The summed E-state index contributed by atoms with van der Waals surface area (Å²) in [4.78, 5) is 36.8. The van der Waals surface area contributed by atoms with Gasteiger partial charge in [-0.15, -0.1) is 0 Å². The third kappa shape index (κ3) is 4.78. The lowest BCUT2D eigenvalue weighted by Crippen LogP contribution is -2.70. The number of nitrogens with one attached hydrogen (secondary N) is 1. The molecule has 1 aromatic carbocycles. The molecule has 1 N–H and O–H groups in total. The first kappa shape index (κ1) is 25.6. The van der Waals surface area contributed by atoms with Crippen molar-refractivity contribution < 1.29 is 38.0 Å². The average Bonchev–Trinajstić information content (AvgIpc) is 3.08. The van der Waals surface area contributed by atoms with Crippen LogP contribution < -0.4 is 5.32 Å². The van der Waals surface area contributed by atoms with Gasteiger partial charge in [-0.05, 0) is 62.1 Å². The number of carbonyl (C=O) groups is 2. The van der Waals surface area contributed by atoms with E-state index in [9.17, 15) is 14.0 Å². The molecule has 4 aliphatic heterocycles. The Kier molecular flexibility index (Phi) is 7.11. The summed E-state index contributed by atoms with van der Waals surface area (Å²) in [6, 6.07) is 6.15. The minimum absolute atomic E-state index is 0.0191. The van der Waals surface area contributed by atoms with Crippen LogP contribution in [-0.2, 0) is 40.0 Å². The van der Waals surface area contributed by atoms with Crippen LogP contribution >= 0.6 is 0 Å². The highest BCUT2D eigenvalue weighted by Gasteiger charge is 2.69. The molecule has 1 saturated carbocycles. The first-order valence-electron chi connectivity index (χ1n) is 13.1. The Hall–Kier alpha value is -2.07. The van der Waals surface area contributed by atoms with Crippen LogP contribution in [-0.4, -0.2) is 42.4 Å². The summed E-state index contributed by atoms with van der Waals surface area (Å²) in [6.45, 7) is 6.53. The molecule has 8 atom stereocenters. The van der Waals surface area contributed by atoms with Gasteiger partial charge in [0, 0.05) is 31.2 Å². The van der Waals surface area contributed by atoms with Crippen LogP contribution in [0.3, 0.4) is 0 Å². The monoisotopic (exact) mass is 505 g/mol. The van der Waals surface area contributed by atoms with E-state index < -0.39 is 29.9 Å². The number of hydrogen-bond donors (Lipinski definition) is 1. The fourth-order valence-electron chi connectivity index (χ4n) is 6.50. The third-order valence-corrected chi connectivity index (χ3v) is 8.55. The van der Waals surface area contributed by atoms with Gasteiger partial charge >= 0.3 is 5.97 Å². The second-order valence-corrected chi connectivity index (χ2v) is 11.0. The molecule has 1 amide bonds. The fourth-order valence-corrected chi connectivity index (χ4v) is 6.50. The van der Waals surface area contributed by atoms with Gasteiger partial charge in [-0.25, -0.2) is 14.2 Å². The number of esters is 1. The van der Waals surface area contributed by atoms with E-state index in [0.29, 0.717) is 25.3 Å². The molecule has 5 aliphatic rings. The van der Waals surface area contributed by atoms with Gasteiger partial charge in [-0.2, -0.15) is 0 Å². The maximum absolute atomic E-state index is 13.0. The maximum Gasteiger partial charge on any atom is 0.308 e. The molecule has 6 rings (SSSR count). The van der Waals surface area contributed by atoms with E-state index in [1.54, 1.807) is 12.1 Å². The summed E-state index contributed by atoms with van der Waals surface area (Å²) in [7, 11) is 0. The second-order valence-electron chi connectivity index (χ2n) is 11.0. The van der Waals surface area contributed by atoms with Crippen molar-refractivity contribution in [2.45, 2.75) is 89.7 Å². The molecule has 0 unspecified atom stereocenters. The topological polar surface area (TPSA) is 92.3 Å². The van der Waals surface area contributed by atoms with Gasteiger partial charge in [0.2, 0.25) is 18.0 Å². The van der Waals surface area contributed by atoms with E-state index in [1.807, 2.05) is 13.8 Å². The minimum atomic E-state index is -0.890. The van der Waals surface area contributed by atoms with Crippen LogP contribution in [0.25, 0.3) is 0 Å². The van der Waals surface area contributed by atoms with Crippen LogP contribution in [0, 0.1) is 29.5 Å². The summed E-state index contributed by atoms with van der Waals surface area (Å²) in [5.74, 6) is -1.27. The zero-order valence-electron chi connectivity index (χ0n) is 21.2. The van der Waals surface area contributed by atoms with Crippen molar-refractivity contribution in [1.29, 1.82) is 0 Å². The van der Waals surface area contributed by atoms with Gasteiger partial charge in [0.25, 0.3) is 0 Å². The summed E-state index contributed by atoms with van der Waals surface area (Å²) >= 11 is 0. The zero-order valence-corrected chi connectivity index (χ0v) is 21.2. The number of ether oxygens (including phenoxy) is 3. The predicted molar refractivity (Wildman–Crippen MR) is 125 cm³/mol. The van der Waals surface area contributed by atoms with E-state index in [4.69, 9.17) is 24.0 Å². The molecule has 4 heterocycles. The Morgan fingerprint density at radius 3 is 2.64 bits per heavy atom. The van der Waals surface area contributed by atoms with E-state index in [0.717, 1.165) is 24.8 Å². The van der Waals surface area contributed by atoms with Crippen molar-refractivity contribution in [3.8, 4) is 0 Å². The second kappa shape index (κ2) is 10.0. The molecule has 1 spiro atoms. The van der Waals surface area contributed by atoms with Crippen LogP contribution in [0.4, 0.5) is 4.39 Å². The standard InChI is InChI=1S/C27H36FNO7/c1-16-4-9-21-17(2)24(33-25-27(21)20(16)12-14-26(3,34-25)35-36-27)32-23(31)11-10-22(30)29-15-13-18-5-7-19(28)8-6-18/h5-8,16-17,20-21,24-25H,4,9-15H2,1-3H3,(H,29,30)/t16-,17-,20+,21+,24-,25-,26+,27-/m1/s1. The van der Waals surface area contributed by atoms with Crippen molar-refractivity contribution in [2.24, 2.45) is 23.7 Å². The zero-order chi connectivity index (χ0) is 25.5. The molecule has 4 saturated heterocycles. The van der Waals surface area contributed by atoms with Crippen LogP contribution in [0.2, 0.25) is 0 Å². The average molecular weight is 506 g/mol. The molecule has 0 aromatic heterocycles. The van der Waals surface area contributed by atoms with Crippen molar-refractivity contribution in [2.75, 3.05) is 6.54 Å². The SMILES string of the molecule is C[C@H]1[C@H](OC(=O)CCC(=O)NCCc2ccc(F)cc2)O[C@@H]2O[C@]3(C)CC[C@H]4[C@H](C)CC[C@@H]1[C@@]24OO3. The number of fused-ring (bicyclic) bond motifs is 2. The Labute approximate surface area is 211 Å². The molecular weight excluding hydrogens is 469 g/mol. The number of rotatable bonds is 7. The molecule has 1 aliphatic carbocycles. The molecule has 36 heavy (non-hydrogen) atoms. The van der Waals surface area contributed by atoms with E-state index >= 15 is 0 Å². The van der Waals surface area contributed by atoms with E-state index in [2.05, 4.69) is 12.2 Å². The normalized spacial score (nSPS) is 39.1. The molecule has 5 fully saturated rings. The third-order valence-electron chi connectivity index (χ3n) is 8.55. The molecule has 8 nitrogen and oxygen atoms in total. The lowest BCUT2D eigenvalue weighted by atomic mass is 9.58. The number of halogens is 1. The fraction of sp³-hybridized carbons (Fsp3) is 0.704. The summed E-state index contributed by atoms with van der Waals surface area (Å²) in [5, 5.41) is 2.79. The van der Waals surface area contributed by atoms with E-state index in [-0.39, 0.29) is 42.3 Å². The van der Waals surface area contributed by atoms with Gasteiger partial charge in [0.15, 0.2) is 11.9 Å². The summed E-state index contributed by atoms with van der Waals surface area (Å²) < 4.78 is 31.3. The highest BCUT2D eigenvalue weighted by Crippen LogP contribution is 2.60. The highest BCUT2D eigenvalue weighted by atomic mass is 19.1. The van der Waals surface area contributed by atoms with Crippen LogP contribution in [0.15, 0.2) is 24.3 Å². The van der Waals surface area contributed by atoms with Crippen molar-refractivity contribution in [1.82, 2.24) is 5.32 Å². The number of hydrogen-bond acceptors (Lipinski definition) is 7. The van der Waals surface area contributed by atoms with Gasteiger partial charge < -0.3 is 19.5 Å². The van der Waals surface area contributed by atoms with Gasteiger partial charge in [-0.1, -0.05) is 26.0 Å². The first-order valence-corrected chi connectivity index (χ1v) is 13.1. The Balaban J connectivity index is 1.15. The van der Waals surface area contributed by atoms with Gasteiger partial charge in [0.05, 0.1) is 6.42 Å².